The van der Waals surface area contributed by atoms with Gasteiger partial charge in [0.2, 0.25) is 0 Å². The summed E-state index contributed by atoms with van der Waals surface area (Å²) in [5.74, 6) is 0. The molecule has 2 rings (SSSR count). The zero-order chi connectivity index (χ0) is 14.5. The summed E-state index contributed by atoms with van der Waals surface area (Å²) in [6.07, 6.45) is 0.964. The van der Waals surface area contributed by atoms with Gasteiger partial charge in [-0.1, -0.05) is 30.7 Å². The topological polar surface area (TPSA) is 29.3 Å². The Bertz CT molecular complexity index is 510. The second kappa shape index (κ2) is 7.23. The third-order valence-electron chi connectivity index (χ3n) is 3.58. The van der Waals surface area contributed by atoms with Crippen molar-refractivity contribution in [2.24, 2.45) is 5.73 Å². The Balaban J connectivity index is 2.14. The third-order valence-corrected chi connectivity index (χ3v) is 4.54. The van der Waals surface area contributed by atoms with Crippen LogP contribution in [0.4, 0.5) is 0 Å². The summed E-state index contributed by atoms with van der Waals surface area (Å²) < 4.78 is 0. The van der Waals surface area contributed by atoms with Gasteiger partial charge in [0.05, 0.1) is 6.04 Å². The summed E-state index contributed by atoms with van der Waals surface area (Å²) >= 11 is 7.65. The van der Waals surface area contributed by atoms with E-state index in [4.69, 9.17) is 17.3 Å². The predicted molar refractivity (Wildman–Crippen MR) is 88.2 cm³/mol. The number of nitrogens with two attached hydrogens (primary N) is 1. The lowest BCUT2D eigenvalue weighted by Crippen LogP contribution is -2.38. The Morgan fingerprint density at radius 2 is 1.95 bits per heavy atom. The summed E-state index contributed by atoms with van der Waals surface area (Å²) in [5, 5.41) is 5.08. The van der Waals surface area contributed by atoms with E-state index in [2.05, 4.69) is 47.8 Å². The van der Waals surface area contributed by atoms with E-state index >= 15 is 0 Å². The second-order valence-corrected chi connectivity index (χ2v) is 6.33. The van der Waals surface area contributed by atoms with Gasteiger partial charge in [0, 0.05) is 17.6 Å². The van der Waals surface area contributed by atoms with Gasteiger partial charge in [0.15, 0.2) is 0 Å². The van der Waals surface area contributed by atoms with Crippen molar-refractivity contribution in [2.45, 2.75) is 32.0 Å². The van der Waals surface area contributed by atoms with E-state index in [9.17, 15) is 0 Å². The van der Waals surface area contributed by atoms with Gasteiger partial charge in [-0.15, -0.1) is 0 Å². The molecule has 0 radical (unpaired) electrons. The van der Waals surface area contributed by atoms with Crippen LogP contribution in [-0.2, 0) is 6.54 Å². The van der Waals surface area contributed by atoms with Crippen LogP contribution < -0.4 is 5.73 Å². The van der Waals surface area contributed by atoms with Gasteiger partial charge in [-0.25, -0.2) is 0 Å². The van der Waals surface area contributed by atoms with E-state index in [1.165, 1.54) is 11.1 Å². The molecule has 0 aliphatic carbocycles. The Kier molecular flexibility index (Phi) is 5.61. The highest BCUT2D eigenvalue weighted by molar-refractivity contribution is 7.07. The lowest BCUT2D eigenvalue weighted by molar-refractivity contribution is 0.202. The van der Waals surface area contributed by atoms with E-state index in [1.54, 1.807) is 11.3 Å². The normalized spacial score (nSPS) is 14.4. The fourth-order valence-electron chi connectivity index (χ4n) is 2.47. The van der Waals surface area contributed by atoms with Crippen LogP contribution in [0.25, 0.3) is 0 Å². The molecule has 108 valence electrons. The number of thiophene rings is 1. The molecule has 0 fully saturated rings. The number of rotatable bonds is 6. The van der Waals surface area contributed by atoms with E-state index in [0.717, 1.165) is 18.0 Å². The second-order valence-electron chi connectivity index (χ2n) is 5.12. The molecule has 4 heteroatoms. The van der Waals surface area contributed by atoms with Crippen LogP contribution in [-0.4, -0.2) is 18.0 Å². The minimum atomic E-state index is 0.141. The van der Waals surface area contributed by atoms with Crippen LogP contribution in [0.15, 0.2) is 41.1 Å². The molecular weight excluding hydrogens is 288 g/mol. The van der Waals surface area contributed by atoms with E-state index in [1.807, 2.05) is 12.1 Å². The lowest BCUT2D eigenvalue weighted by atomic mass is 9.98. The first kappa shape index (κ1) is 15.5. The predicted octanol–water partition coefficient (Wildman–Crippen LogP) is 4.31. The van der Waals surface area contributed by atoms with Gasteiger partial charge < -0.3 is 5.73 Å². The summed E-state index contributed by atoms with van der Waals surface area (Å²) in [6.45, 7) is 3.01. The van der Waals surface area contributed by atoms with Crippen molar-refractivity contribution in [3.05, 3.63) is 57.2 Å². The zero-order valence-corrected chi connectivity index (χ0v) is 13.5. The maximum Gasteiger partial charge on any atom is 0.0507 e. The first-order chi connectivity index (χ1) is 9.61. The molecular formula is C16H21ClN2S. The summed E-state index contributed by atoms with van der Waals surface area (Å²) in [4.78, 5) is 2.32. The van der Waals surface area contributed by atoms with E-state index in [0.29, 0.717) is 0 Å². The number of nitrogens with zero attached hydrogens (tertiary/aromatic N) is 1. The quantitative estimate of drug-likeness (QED) is 0.861. The highest BCUT2D eigenvalue weighted by Crippen LogP contribution is 2.27. The van der Waals surface area contributed by atoms with Crippen LogP contribution in [0.3, 0.4) is 0 Å². The van der Waals surface area contributed by atoms with Crippen molar-refractivity contribution in [1.82, 2.24) is 4.90 Å². The van der Waals surface area contributed by atoms with Crippen LogP contribution in [0.2, 0.25) is 5.02 Å². The van der Waals surface area contributed by atoms with Crippen LogP contribution in [0.5, 0.6) is 0 Å². The molecule has 2 nitrogen and oxygen atoms in total. The molecule has 1 heterocycles. The largest absolute Gasteiger partial charge is 0.326 e. The molecule has 0 saturated carbocycles. The minimum Gasteiger partial charge on any atom is -0.326 e. The number of likely N-dealkylation sites (N-methyl/N-ethyl adjacent to an activating group) is 1. The van der Waals surface area contributed by atoms with Gasteiger partial charge in [0.1, 0.15) is 0 Å². The molecule has 2 atom stereocenters. The molecule has 2 aromatic rings. The number of hydrogen-bond donors (Lipinski definition) is 1. The third kappa shape index (κ3) is 3.83. The highest BCUT2D eigenvalue weighted by atomic mass is 35.5. The maximum absolute atomic E-state index is 6.33. The van der Waals surface area contributed by atoms with Crippen molar-refractivity contribution >= 4 is 22.9 Å². The van der Waals surface area contributed by atoms with Gasteiger partial charge in [-0.05, 0) is 53.6 Å². The number of halogens is 1. The molecule has 0 saturated heterocycles. The van der Waals surface area contributed by atoms with Crippen molar-refractivity contribution in [3.63, 3.8) is 0 Å². The Labute approximate surface area is 130 Å². The molecule has 2 N–H and O–H groups in total. The summed E-state index contributed by atoms with van der Waals surface area (Å²) in [7, 11) is 2.13. The fourth-order valence-corrected chi connectivity index (χ4v) is 3.29. The summed E-state index contributed by atoms with van der Waals surface area (Å²) in [5.41, 5.74) is 8.89. The van der Waals surface area contributed by atoms with Gasteiger partial charge in [-0.2, -0.15) is 11.3 Å². The maximum atomic E-state index is 6.33. The van der Waals surface area contributed by atoms with Gasteiger partial charge in [0.25, 0.3) is 0 Å². The molecule has 0 aliphatic heterocycles. The molecule has 0 aliphatic rings. The standard InChI is InChI=1S/C16H21ClN2S/c1-3-15(18)16(13-8-9-20-11-13)19(2)10-12-4-6-14(17)7-5-12/h4-9,11,15-16H,3,10,18H2,1-2H3. The molecule has 20 heavy (non-hydrogen) atoms. The fraction of sp³-hybridized carbons (Fsp3) is 0.375. The van der Waals surface area contributed by atoms with Crippen molar-refractivity contribution in [2.75, 3.05) is 7.05 Å². The van der Waals surface area contributed by atoms with Crippen molar-refractivity contribution < 1.29 is 0 Å². The first-order valence-electron chi connectivity index (χ1n) is 6.84. The average molecular weight is 309 g/mol. The van der Waals surface area contributed by atoms with Crippen molar-refractivity contribution in [3.8, 4) is 0 Å². The van der Waals surface area contributed by atoms with Crippen LogP contribution in [0.1, 0.15) is 30.5 Å². The molecule has 2 unspecified atom stereocenters. The van der Waals surface area contributed by atoms with Crippen LogP contribution >= 0.6 is 22.9 Å². The monoisotopic (exact) mass is 308 g/mol. The SMILES string of the molecule is CCC(N)C(c1ccsc1)N(C)Cc1ccc(Cl)cc1. The highest BCUT2D eigenvalue weighted by Gasteiger charge is 2.23. The lowest BCUT2D eigenvalue weighted by Gasteiger charge is -2.32. The van der Waals surface area contributed by atoms with E-state index in [-0.39, 0.29) is 12.1 Å². The molecule has 0 spiro atoms. The van der Waals surface area contributed by atoms with Crippen molar-refractivity contribution in [1.29, 1.82) is 0 Å². The smallest absolute Gasteiger partial charge is 0.0507 e. The summed E-state index contributed by atoms with van der Waals surface area (Å²) in [6, 6.07) is 10.6. The number of hydrogen-bond acceptors (Lipinski definition) is 3. The molecule has 1 aromatic heterocycles. The van der Waals surface area contributed by atoms with Gasteiger partial charge in [-0.3, -0.25) is 4.90 Å². The zero-order valence-electron chi connectivity index (χ0n) is 11.9. The van der Waals surface area contributed by atoms with E-state index < -0.39 is 0 Å². The molecule has 0 bridgehead atoms. The van der Waals surface area contributed by atoms with Crippen LogP contribution in [0, 0.1) is 0 Å². The first-order valence-corrected chi connectivity index (χ1v) is 8.16. The Morgan fingerprint density at radius 3 is 2.50 bits per heavy atom. The Morgan fingerprint density at radius 1 is 1.25 bits per heavy atom. The number of benzene rings is 1. The molecule has 1 aromatic carbocycles. The average Bonchev–Trinajstić information content (AvgIpc) is 2.95. The molecule has 0 amide bonds. The van der Waals surface area contributed by atoms with Gasteiger partial charge >= 0.3 is 0 Å². The Hall–Kier alpha value is -0.870. The minimum absolute atomic E-state index is 0.141.